The molecule has 0 amide bonds. The SMILES string of the molecule is c1ccc2c(NCCCn3ccnc3)noc2c1. The van der Waals surface area contributed by atoms with Crippen LogP contribution in [0.5, 0.6) is 0 Å². The van der Waals surface area contributed by atoms with E-state index in [0.29, 0.717) is 0 Å². The predicted octanol–water partition coefficient (Wildman–Crippen LogP) is 2.53. The molecule has 0 atom stereocenters. The van der Waals surface area contributed by atoms with Gasteiger partial charge in [0, 0.05) is 25.5 Å². The van der Waals surface area contributed by atoms with Crippen molar-refractivity contribution in [2.24, 2.45) is 0 Å². The second kappa shape index (κ2) is 4.91. The van der Waals surface area contributed by atoms with Crippen LogP contribution in [0.4, 0.5) is 5.82 Å². The largest absolute Gasteiger partial charge is 0.367 e. The Kier molecular flexibility index (Phi) is 2.96. The lowest BCUT2D eigenvalue weighted by atomic mass is 10.2. The summed E-state index contributed by atoms with van der Waals surface area (Å²) in [6.07, 6.45) is 6.59. The molecular formula is C13H14N4O. The highest BCUT2D eigenvalue weighted by Crippen LogP contribution is 2.21. The highest BCUT2D eigenvalue weighted by Gasteiger charge is 2.05. The fraction of sp³-hybridized carbons (Fsp3) is 0.231. The van der Waals surface area contributed by atoms with Crippen LogP contribution in [0.15, 0.2) is 47.5 Å². The number of benzene rings is 1. The van der Waals surface area contributed by atoms with E-state index in [0.717, 1.165) is 36.3 Å². The average Bonchev–Trinajstić information content (AvgIpc) is 3.04. The van der Waals surface area contributed by atoms with Crippen molar-refractivity contribution in [2.75, 3.05) is 11.9 Å². The number of anilines is 1. The van der Waals surface area contributed by atoms with E-state index in [1.165, 1.54) is 0 Å². The smallest absolute Gasteiger partial charge is 0.177 e. The van der Waals surface area contributed by atoms with Crippen molar-refractivity contribution in [3.63, 3.8) is 0 Å². The fourth-order valence-electron chi connectivity index (χ4n) is 1.90. The van der Waals surface area contributed by atoms with Crippen LogP contribution in [0.1, 0.15) is 6.42 Å². The summed E-state index contributed by atoms with van der Waals surface area (Å²) >= 11 is 0. The summed E-state index contributed by atoms with van der Waals surface area (Å²) in [6.45, 7) is 1.80. The van der Waals surface area contributed by atoms with Crippen molar-refractivity contribution in [3.05, 3.63) is 43.0 Å². The lowest BCUT2D eigenvalue weighted by Gasteiger charge is -2.03. The number of aryl methyl sites for hydroxylation is 1. The van der Waals surface area contributed by atoms with Crippen LogP contribution >= 0.6 is 0 Å². The summed E-state index contributed by atoms with van der Waals surface area (Å²) in [5, 5.41) is 8.34. The molecule has 18 heavy (non-hydrogen) atoms. The van der Waals surface area contributed by atoms with Crippen molar-refractivity contribution in [2.45, 2.75) is 13.0 Å². The van der Waals surface area contributed by atoms with E-state index in [4.69, 9.17) is 4.52 Å². The van der Waals surface area contributed by atoms with E-state index in [1.807, 2.05) is 36.8 Å². The third-order valence-corrected chi connectivity index (χ3v) is 2.82. The number of para-hydroxylation sites is 1. The number of aromatic nitrogens is 3. The lowest BCUT2D eigenvalue weighted by molar-refractivity contribution is 0.459. The zero-order chi connectivity index (χ0) is 12.2. The Hall–Kier alpha value is -2.30. The minimum absolute atomic E-state index is 0.814. The summed E-state index contributed by atoms with van der Waals surface area (Å²) in [4.78, 5) is 4.01. The molecule has 2 heterocycles. The molecule has 0 saturated carbocycles. The second-order valence-electron chi connectivity index (χ2n) is 4.11. The predicted molar refractivity (Wildman–Crippen MR) is 69.3 cm³/mol. The molecule has 0 aliphatic carbocycles. The Morgan fingerprint density at radius 2 is 2.22 bits per heavy atom. The number of hydrogen-bond acceptors (Lipinski definition) is 4. The molecule has 5 nitrogen and oxygen atoms in total. The number of nitrogens with zero attached hydrogens (tertiary/aromatic N) is 3. The van der Waals surface area contributed by atoms with Gasteiger partial charge in [-0.05, 0) is 18.6 Å². The minimum atomic E-state index is 0.814. The van der Waals surface area contributed by atoms with Crippen LogP contribution in [0.3, 0.4) is 0 Å². The third-order valence-electron chi connectivity index (χ3n) is 2.82. The first-order chi connectivity index (χ1) is 8.93. The van der Waals surface area contributed by atoms with Gasteiger partial charge in [-0.1, -0.05) is 17.3 Å². The molecular weight excluding hydrogens is 228 g/mol. The highest BCUT2D eigenvalue weighted by atomic mass is 16.5. The van der Waals surface area contributed by atoms with Gasteiger partial charge in [0.2, 0.25) is 0 Å². The first kappa shape index (κ1) is 10.8. The molecule has 0 aliphatic rings. The first-order valence-corrected chi connectivity index (χ1v) is 5.97. The van der Waals surface area contributed by atoms with Crippen LogP contribution in [-0.4, -0.2) is 21.3 Å². The van der Waals surface area contributed by atoms with Gasteiger partial charge in [0.25, 0.3) is 0 Å². The maximum absolute atomic E-state index is 5.22. The van der Waals surface area contributed by atoms with E-state index >= 15 is 0 Å². The molecule has 0 aliphatic heterocycles. The molecule has 0 fully saturated rings. The van der Waals surface area contributed by atoms with E-state index in [-0.39, 0.29) is 0 Å². The van der Waals surface area contributed by atoms with Crippen LogP contribution < -0.4 is 5.32 Å². The second-order valence-corrected chi connectivity index (χ2v) is 4.11. The maximum Gasteiger partial charge on any atom is 0.177 e. The third kappa shape index (κ3) is 2.20. The highest BCUT2D eigenvalue weighted by molar-refractivity contribution is 5.87. The quantitative estimate of drug-likeness (QED) is 0.698. The van der Waals surface area contributed by atoms with E-state index in [1.54, 1.807) is 6.20 Å². The summed E-state index contributed by atoms with van der Waals surface area (Å²) in [6, 6.07) is 7.84. The van der Waals surface area contributed by atoms with Crippen molar-refractivity contribution >= 4 is 16.8 Å². The summed E-state index contributed by atoms with van der Waals surface area (Å²) in [7, 11) is 0. The Morgan fingerprint density at radius 1 is 1.28 bits per heavy atom. The van der Waals surface area contributed by atoms with Crippen LogP contribution in [0.2, 0.25) is 0 Å². The van der Waals surface area contributed by atoms with Gasteiger partial charge in [0.15, 0.2) is 11.4 Å². The fourth-order valence-corrected chi connectivity index (χ4v) is 1.90. The van der Waals surface area contributed by atoms with Gasteiger partial charge in [-0.15, -0.1) is 0 Å². The molecule has 0 radical (unpaired) electrons. The average molecular weight is 242 g/mol. The van der Waals surface area contributed by atoms with Gasteiger partial charge in [-0.25, -0.2) is 4.98 Å². The van der Waals surface area contributed by atoms with Gasteiger partial charge in [-0.2, -0.15) is 0 Å². The van der Waals surface area contributed by atoms with E-state index < -0.39 is 0 Å². The molecule has 0 bridgehead atoms. The molecule has 1 aromatic carbocycles. The summed E-state index contributed by atoms with van der Waals surface area (Å²) in [5.74, 6) is 0.816. The van der Waals surface area contributed by atoms with Crippen LogP contribution in [0, 0.1) is 0 Å². The van der Waals surface area contributed by atoms with Crippen molar-refractivity contribution in [3.8, 4) is 0 Å². The zero-order valence-electron chi connectivity index (χ0n) is 9.91. The number of hydrogen-bond donors (Lipinski definition) is 1. The van der Waals surface area contributed by atoms with Gasteiger partial charge in [0.1, 0.15) is 0 Å². The zero-order valence-corrected chi connectivity index (χ0v) is 9.91. The number of imidazole rings is 1. The van der Waals surface area contributed by atoms with Crippen LogP contribution in [0.25, 0.3) is 11.0 Å². The first-order valence-electron chi connectivity index (χ1n) is 5.97. The molecule has 92 valence electrons. The molecule has 0 spiro atoms. The van der Waals surface area contributed by atoms with Crippen molar-refractivity contribution in [1.82, 2.24) is 14.7 Å². The Balaban J connectivity index is 1.57. The number of fused-ring (bicyclic) bond motifs is 1. The Morgan fingerprint density at radius 3 is 3.11 bits per heavy atom. The molecule has 1 N–H and O–H groups in total. The molecule has 0 unspecified atom stereocenters. The molecule has 5 heteroatoms. The van der Waals surface area contributed by atoms with Gasteiger partial charge in [-0.3, -0.25) is 0 Å². The van der Waals surface area contributed by atoms with E-state index in [9.17, 15) is 0 Å². The molecule has 3 rings (SSSR count). The van der Waals surface area contributed by atoms with Gasteiger partial charge >= 0.3 is 0 Å². The minimum Gasteiger partial charge on any atom is -0.367 e. The van der Waals surface area contributed by atoms with Gasteiger partial charge < -0.3 is 14.4 Å². The van der Waals surface area contributed by atoms with Crippen LogP contribution in [-0.2, 0) is 6.54 Å². The standard InChI is InChI=1S/C13H14N4O/c1-2-5-12-11(4-1)13(16-18-12)15-6-3-8-17-9-7-14-10-17/h1-2,4-5,7,9-10H,3,6,8H2,(H,15,16). The topological polar surface area (TPSA) is 55.9 Å². The summed E-state index contributed by atoms with van der Waals surface area (Å²) < 4.78 is 7.28. The monoisotopic (exact) mass is 242 g/mol. The Bertz CT molecular complexity index is 615. The number of nitrogens with one attached hydrogen (secondary N) is 1. The van der Waals surface area contributed by atoms with Gasteiger partial charge in [0.05, 0.1) is 11.7 Å². The van der Waals surface area contributed by atoms with Crippen molar-refractivity contribution < 1.29 is 4.52 Å². The lowest BCUT2D eigenvalue weighted by Crippen LogP contribution is -2.06. The summed E-state index contributed by atoms with van der Waals surface area (Å²) in [5.41, 5.74) is 0.814. The number of rotatable bonds is 5. The molecule has 0 saturated heterocycles. The van der Waals surface area contributed by atoms with Crippen molar-refractivity contribution in [1.29, 1.82) is 0 Å². The Labute approximate surface area is 104 Å². The molecule has 2 aromatic heterocycles. The normalized spacial score (nSPS) is 10.9. The van der Waals surface area contributed by atoms with E-state index in [2.05, 4.69) is 20.0 Å². The maximum atomic E-state index is 5.22. The molecule has 3 aromatic rings.